The maximum absolute atomic E-state index is 14.1. The monoisotopic (exact) mass is 515 g/mol. The van der Waals surface area contributed by atoms with Gasteiger partial charge in [0.15, 0.2) is 5.16 Å². The van der Waals surface area contributed by atoms with Crippen LogP contribution in [0.5, 0.6) is 0 Å². The number of para-hydroxylation sites is 2. The lowest BCUT2D eigenvalue weighted by atomic mass is 9.72. The Bertz CT molecular complexity index is 1540. The molecule has 2 aromatic carbocycles. The highest BCUT2D eigenvalue weighted by atomic mass is 32.2. The third-order valence-corrected chi connectivity index (χ3v) is 9.59. The Balaban J connectivity index is 1.42. The number of anilines is 1. The van der Waals surface area contributed by atoms with Crippen molar-refractivity contribution in [3.63, 3.8) is 0 Å². The van der Waals surface area contributed by atoms with Crippen LogP contribution in [0.15, 0.2) is 64.5 Å². The molecule has 0 spiro atoms. The van der Waals surface area contributed by atoms with E-state index >= 15 is 0 Å². The summed E-state index contributed by atoms with van der Waals surface area (Å²) < 4.78 is 1.71. The van der Waals surface area contributed by atoms with E-state index in [0.29, 0.717) is 17.6 Å². The first-order valence-corrected chi connectivity index (χ1v) is 14.3. The van der Waals surface area contributed by atoms with E-state index in [1.54, 1.807) is 15.9 Å². The quantitative estimate of drug-likeness (QED) is 0.240. The summed E-state index contributed by atoms with van der Waals surface area (Å²) in [4.78, 5) is 36.3. The van der Waals surface area contributed by atoms with Crippen LogP contribution in [0.25, 0.3) is 15.9 Å². The maximum Gasteiger partial charge on any atom is 0.267 e. The Hall–Kier alpha value is -2.90. The summed E-state index contributed by atoms with van der Waals surface area (Å²) in [5.41, 5.74) is 4.27. The number of rotatable bonds is 4. The van der Waals surface area contributed by atoms with Crippen molar-refractivity contribution in [3.8, 4) is 5.69 Å². The van der Waals surface area contributed by atoms with Gasteiger partial charge in [-0.25, -0.2) is 4.98 Å². The number of carbonyl (C=O) groups excluding carboxylic acids is 1. The fourth-order valence-corrected chi connectivity index (χ4v) is 8.03. The van der Waals surface area contributed by atoms with Gasteiger partial charge in [0.2, 0.25) is 5.91 Å². The standard InChI is InChI=1S/C29H29N3O2S2/c1-18-15-29(2,3)16-21-24-26(36-25(18)21)30-28(32(27(24)34)20-10-5-4-6-11-20)35-17-23(33)31-14-13-19-9-7-8-12-22(19)31/h4-12,18H,13-17H2,1-3H3/t18-/m1/s1. The van der Waals surface area contributed by atoms with Crippen molar-refractivity contribution in [2.45, 2.75) is 51.1 Å². The fourth-order valence-electron chi connectivity index (χ4n) is 5.85. The predicted molar refractivity (Wildman–Crippen MR) is 149 cm³/mol. The van der Waals surface area contributed by atoms with Gasteiger partial charge in [0.25, 0.3) is 5.56 Å². The SMILES string of the molecule is C[C@@H]1CC(C)(C)Cc2c1sc1nc(SCC(=O)N3CCc4ccccc43)n(-c3ccccc3)c(=O)c21. The van der Waals surface area contributed by atoms with Gasteiger partial charge >= 0.3 is 0 Å². The summed E-state index contributed by atoms with van der Waals surface area (Å²) in [6.45, 7) is 7.52. The maximum atomic E-state index is 14.1. The highest BCUT2D eigenvalue weighted by molar-refractivity contribution is 7.99. The van der Waals surface area contributed by atoms with Crippen molar-refractivity contribution >= 4 is 44.9 Å². The van der Waals surface area contributed by atoms with E-state index in [4.69, 9.17) is 4.98 Å². The highest BCUT2D eigenvalue weighted by Crippen LogP contribution is 2.47. The summed E-state index contributed by atoms with van der Waals surface area (Å²) in [7, 11) is 0. The van der Waals surface area contributed by atoms with Crippen molar-refractivity contribution in [2.24, 2.45) is 5.41 Å². The molecule has 4 aromatic rings. The van der Waals surface area contributed by atoms with Gasteiger partial charge in [0, 0.05) is 17.1 Å². The molecule has 2 aromatic heterocycles. The fraction of sp³-hybridized carbons (Fsp3) is 0.345. The van der Waals surface area contributed by atoms with E-state index in [-0.39, 0.29) is 22.6 Å². The minimum absolute atomic E-state index is 0.0323. The second kappa shape index (κ2) is 8.89. The molecule has 0 radical (unpaired) electrons. The predicted octanol–water partition coefficient (Wildman–Crippen LogP) is 6.20. The first-order valence-electron chi connectivity index (χ1n) is 12.5. The van der Waals surface area contributed by atoms with Gasteiger partial charge in [-0.3, -0.25) is 14.2 Å². The molecule has 1 amide bonds. The van der Waals surface area contributed by atoms with Crippen molar-refractivity contribution in [1.29, 1.82) is 0 Å². The highest BCUT2D eigenvalue weighted by Gasteiger charge is 2.35. The van der Waals surface area contributed by atoms with Crippen LogP contribution in [-0.2, 0) is 17.6 Å². The molecule has 36 heavy (non-hydrogen) atoms. The van der Waals surface area contributed by atoms with Gasteiger partial charge in [-0.2, -0.15) is 0 Å². The molecule has 0 unspecified atom stereocenters. The third kappa shape index (κ3) is 3.98. The molecule has 0 saturated carbocycles. The number of carbonyl (C=O) groups is 1. The summed E-state index contributed by atoms with van der Waals surface area (Å²) in [5.74, 6) is 0.674. The Kier molecular flexibility index (Phi) is 5.80. The number of thioether (sulfide) groups is 1. The van der Waals surface area contributed by atoms with Crippen LogP contribution in [-0.4, -0.2) is 27.8 Å². The molecule has 184 valence electrons. The molecular formula is C29H29N3O2S2. The molecule has 6 rings (SSSR count). The van der Waals surface area contributed by atoms with Crippen LogP contribution in [0.2, 0.25) is 0 Å². The second-order valence-corrected chi connectivity index (χ2v) is 12.6. The van der Waals surface area contributed by atoms with Crippen LogP contribution >= 0.6 is 23.1 Å². The Morgan fingerprint density at radius 3 is 2.69 bits per heavy atom. The molecule has 1 atom stereocenters. The molecule has 3 heterocycles. The zero-order chi connectivity index (χ0) is 25.0. The lowest BCUT2D eigenvalue weighted by Crippen LogP contribution is -2.31. The number of benzene rings is 2. The van der Waals surface area contributed by atoms with Crippen molar-refractivity contribution < 1.29 is 4.79 Å². The average molecular weight is 516 g/mol. The van der Waals surface area contributed by atoms with Crippen molar-refractivity contribution in [1.82, 2.24) is 9.55 Å². The van der Waals surface area contributed by atoms with Crippen LogP contribution in [0.1, 0.15) is 49.1 Å². The van der Waals surface area contributed by atoms with Crippen LogP contribution in [0.3, 0.4) is 0 Å². The molecule has 0 saturated heterocycles. The number of amides is 1. The van der Waals surface area contributed by atoms with Crippen molar-refractivity contribution in [3.05, 3.63) is 81.0 Å². The molecule has 2 aliphatic rings. The molecule has 0 bridgehead atoms. The van der Waals surface area contributed by atoms with Gasteiger partial charge in [-0.05, 0) is 59.9 Å². The summed E-state index contributed by atoms with van der Waals surface area (Å²) in [6, 6.07) is 17.8. The minimum Gasteiger partial charge on any atom is -0.311 e. The minimum atomic E-state index is -0.0323. The molecule has 7 heteroatoms. The van der Waals surface area contributed by atoms with Crippen molar-refractivity contribution in [2.75, 3.05) is 17.2 Å². The van der Waals surface area contributed by atoms with E-state index in [0.717, 1.165) is 40.9 Å². The zero-order valence-electron chi connectivity index (χ0n) is 20.8. The van der Waals surface area contributed by atoms with E-state index in [2.05, 4.69) is 26.8 Å². The van der Waals surface area contributed by atoms with Crippen LogP contribution in [0.4, 0.5) is 5.69 Å². The van der Waals surface area contributed by atoms with Gasteiger partial charge in [0.05, 0.1) is 16.8 Å². The smallest absolute Gasteiger partial charge is 0.267 e. The zero-order valence-corrected chi connectivity index (χ0v) is 22.4. The van der Waals surface area contributed by atoms with Crippen LogP contribution < -0.4 is 10.5 Å². The molecule has 1 aliphatic carbocycles. The van der Waals surface area contributed by atoms with Crippen LogP contribution in [0, 0.1) is 5.41 Å². The molecule has 0 N–H and O–H groups in total. The average Bonchev–Trinajstić information content (AvgIpc) is 3.44. The molecular weight excluding hydrogens is 486 g/mol. The summed E-state index contributed by atoms with van der Waals surface area (Å²) >= 11 is 3.01. The third-order valence-electron chi connectivity index (χ3n) is 7.31. The largest absolute Gasteiger partial charge is 0.311 e. The van der Waals surface area contributed by atoms with E-state index < -0.39 is 0 Å². The Morgan fingerprint density at radius 1 is 1.14 bits per heavy atom. The molecule has 5 nitrogen and oxygen atoms in total. The number of hydrogen-bond donors (Lipinski definition) is 0. The van der Waals surface area contributed by atoms with E-state index in [1.165, 1.54) is 27.8 Å². The first kappa shape index (κ1) is 23.5. The number of nitrogens with zero attached hydrogens (tertiary/aromatic N) is 3. The van der Waals surface area contributed by atoms with E-state index in [9.17, 15) is 9.59 Å². The topological polar surface area (TPSA) is 55.2 Å². The van der Waals surface area contributed by atoms with Gasteiger partial charge in [-0.15, -0.1) is 11.3 Å². The van der Waals surface area contributed by atoms with Gasteiger partial charge < -0.3 is 4.90 Å². The van der Waals surface area contributed by atoms with Gasteiger partial charge in [0.1, 0.15) is 4.83 Å². The molecule has 1 aliphatic heterocycles. The number of thiophene rings is 1. The first-order chi connectivity index (χ1) is 17.3. The number of fused-ring (bicyclic) bond motifs is 4. The Morgan fingerprint density at radius 2 is 1.89 bits per heavy atom. The lowest BCUT2D eigenvalue weighted by Gasteiger charge is -2.33. The summed E-state index contributed by atoms with van der Waals surface area (Å²) in [5, 5.41) is 1.33. The number of hydrogen-bond acceptors (Lipinski definition) is 5. The Labute approximate surface area is 219 Å². The normalized spacial score (nSPS) is 18.3. The lowest BCUT2D eigenvalue weighted by molar-refractivity contribution is -0.116. The van der Waals surface area contributed by atoms with E-state index in [1.807, 2.05) is 53.4 Å². The summed E-state index contributed by atoms with van der Waals surface area (Å²) in [6.07, 6.45) is 2.87. The second-order valence-electron chi connectivity index (χ2n) is 10.7. The number of aromatic nitrogens is 2. The van der Waals surface area contributed by atoms with Gasteiger partial charge in [-0.1, -0.05) is 68.9 Å². The molecule has 0 fully saturated rings.